The third kappa shape index (κ3) is 5.72. The highest BCUT2D eigenvalue weighted by atomic mass is 19.1. The number of amides is 5. The molecule has 216 valence electrons. The minimum absolute atomic E-state index is 0.0116. The third-order valence-corrected chi connectivity index (χ3v) is 6.88. The highest BCUT2D eigenvalue weighted by molar-refractivity contribution is 6.47. The van der Waals surface area contributed by atoms with Crippen molar-refractivity contribution in [1.82, 2.24) is 20.4 Å². The quantitative estimate of drug-likeness (QED) is 0.144. The maximum Gasteiger partial charge on any atom is 0.547 e. The number of benzene rings is 2. The van der Waals surface area contributed by atoms with E-state index in [1.165, 1.54) is 25.1 Å². The molecule has 4 rings (SSSR count). The van der Waals surface area contributed by atoms with Crippen LogP contribution in [0.3, 0.4) is 0 Å². The number of nitrogens with zero attached hydrogens (tertiary/aromatic N) is 2. The Morgan fingerprint density at radius 2 is 1.88 bits per heavy atom. The van der Waals surface area contributed by atoms with Gasteiger partial charge in [0, 0.05) is 25.2 Å². The zero-order valence-corrected chi connectivity index (χ0v) is 21.7. The first kappa shape index (κ1) is 29.1. The van der Waals surface area contributed by atoms with Gasteiger partial charge in [-0.2, -0.15) is 0 Å². The van der Waals surface area contributed by atoms with E-state index < -0.39 is 67.0 Å². The summed E-state index contributed by atoms with van der Waals surface area (Å²) in [5, 5.41) is 45.0. The number of phenols is 2. The lowest BCUT2D eigenvalue weighted by atomic mass is 9.72. The molecule has 14 nitrogen and oxygen atoms in total. The number of aromatic hydroxyl groups is 2. The van der Waals surface area contributed by atoms with Crippen molar-refractivity contribution >= 4 is 36.8 Å². The molecule has 2 aromatic carbocycles. The van der Waals surface area contributed by atoms with Crippen molar-refractivity contribution in [3.63, 3.8) is 0 Å². The van der Waals surface area contributed by atoms with Crippen molar-refractivity contribution in [2.24, 2.45) is 0 Å². The fraction of sp³-hybridized carbons (Fsp3) is 0.320. The van der Waals surface area contributed by atoms with Crippen molar-refractivity contribution in [1.29, 1.82) is 0 Å². The lowest BCUT2D eigenvalue weighted by molar-refractivity contribution is -0.153. The number of imide groups is 1. The van der Waals surface area contributed by atoms with Crippen LogP contribution in [-0.2, 0) is 20.8 Å². The molecule has 1 fully saturated rings. The second-order valence-electron chi connectivity index (χ2n) is 9.39. The van der Waals surface area contributed by atoms with Gasteiger partial charge in [0.15, 0.2) is 11.5 Å². The number of carboxylic acids is 1. The number of fused-ring (bicyclic) bond motifs is 1. The average Bonchev–Trinajstić information content (AvgIpc) is 2.93. The number of rotatable bonds is 7. The number of aromatic carboxylic acids is 1. The van der Waals surface area contributed by atoms with E-state index in [0.717, 1.165) is 11.0 Å². The number of alkyl halides is 1. The largest absolute Gasteiger partial charge is 0.547 e. The molecule has 2 aliphatic heterocycles. The summed E-state index contributed by atoms with van der Waals surface area (Å²) >= 11 is 0. The van der Waals surface area contributed by atoms with Crippen LogP contribution in [0.2, 0.25) is 0 Å². The summed E-state index contributed by atoms with van der Waals surface area (Å²) in [5.74, 6) is -6.76. The fourth-order valence-corrected chi connectivity index (χ4v) is 4.67. The Balaban J connectivity index is 1.60. The second-order valence-corrected chi connectivity index (χ2v) is 9.39. The summed E-state index contributed by atoms with van der Waals surface area (Å²) in [5.41, 5.74) is 0.227. The van der Waals surface area contributed by atoms with Crippen LogP contribution in [0, 0.1) is 6.92 Å². The van der Waals surface area contributed by atoms with E-state index in [4.69, 9.17) is 4.65 Å². The van der Waals surface area contributed by atoms with E-state index in [1.807, 2.05) is 0 Å². The number of phenolic OH excluding ortho intramolecular Hbond substituents is 2. The summed E-state index contributed by atoms with van der Waals surface area (Å²) in [6.45, 7) is -0.233. The lowest BCUT2D eigenvalue weighted by Crippen LogP contribution is -2.60. The van der Waals surface area contributed by atoms with Crippen LogP contribution in [0.4, 0.5) is 9.18 Å². The smallest absolute Gasteiger partial charge is 0.534 e. The van der Waals surface area contributed by atoms with Crippen molar-refractivity contribution < 1.29 is 53.4 Å². The molecule has 2 aliphatic rings. The molecule has 0 aliphatic carbocycles. The molecule has 0 aromatic heterocycles. The van der Waals surface area contributed by atoms with Crippen molar-refractivity contribution in [2.75, 3.05) is 26.3 Å². The molecule has 2 heterocycles. The van der Waals surface area contributed by atoms with Crippen LogP contribution in [0.15, 0.2) is 30.3 Å². The van der Waals surface area contributed by atoms with Crippen LogP contribution in [0.25, 0.3) is 0 Å². The summed E-state index contributed by atoms with van der Waals surface area (Å²) in [6.07, 6.45) is -0.0483. The first-order chi connectivity index (χ1) is 19.4. The van der Waals surface area contributed by atoms with Gasteiger partial charge in [0.2, 0.25) is 5.91 Å². The van der Waals surface area contributed by atoms with Gasteiger partial charge in [-0.3, -0.25) is 19.3 Å². The molecule has 41 heavy (non-hydrogen) atoms. The average molecular weight is 572 g/mol. The maximum absolute atomic E-state index is 13.5. The molecule has 16 heteroatoms. The number of carbonyl (C=O) groups is 5. The van der Waals surface area contributed by atoms with Crippen LogP contribution in [0.1, 0.15) is 33.1 Å². The van der Waals surface area contributed by atoms with Gasteiger partial charge in [-0.25, -0.2) is 14.0 Å². The monoisotopic (exact) mass is 572 g/mol. The molecular weight excluding hydrogens is 546 g/mol. The number of carboxylic acid groups (broad SMARTS) is 1. The summed E-state index contributed by atoms with van der Waals surface area (Å²) in [7, 11) is -1.68. The van der Waals surface area contributed by atoms with Crippen molar-refractivity contribution in [3.8, 4) is 17.2 Å². The van der Waals surface area contributed by atoms with Gasteiger partial charge in [-0.1, -0.05) is 18.2 Å². The van der Waals surface area contributed by atoms with Crippen LogP contribution >= 0.6 is 0 Å². The third-order valence-electron chi connectivity index (χ3n) is 6.88. The summed E-state index contributed by atoms with van der Waals surface area (Å²) in [4.78, 5) is 64.5. The number of carbonyl (C=O) groups excluding carboxylic acids is 4. The molecule has 0 saturated carbocycles. The Kier molecular flexibility index (Phi) is 8.32. The number of piperazine rings is 1. The minimum Gasteiger partial charge on any atom is -0.534 e. The molecule has 0 bridgehead atoms. The molecule has 5 amide bonds. The molecule has 0 spiro atoms. The first-order valence-electron chi connectivity index (χ1n) is 12.4. The van der Waals surface area contributed by atoms with Gasteiger partial charge in [-0.05, 0) is 36.6 Å². The van der Waals surface area contributed by atoms with Gasteiger partial charge >= 0.3 is 30.9 Å². The molecule has 0 radical (unpaired) electrons. The SMILES string of the molecule is Cc1c(C(NC(=O)N2CCN(CCF)C(=O)C2=O)C(=O)N[C@H]2Cc3cccc(C(=O)O)c3OB2O)ccc(O)c1O. The highest BCUT2D eigenvalue weighted by Gasteiger charge is 2.41. The van der Waals surface area contributed by atoms with Crippen LogP contribution in [-0.4, -0.2) is 99.2 Å². The molecule has 1 unspecified atom stereocenters. The van der Waals surface area contributed by atoms with E-state index in [-0.39, 0.29) is 48.5 Å². The fourth-order valence-electron chi connectivity index (χ4n) is 4.67. The van der Waals surface area contributed by atoms with E-state index >= 15 is 0 Å². The van der Waals surface area contributed by atoms with Crippen molar-refractivity contribution in [3.05, 3.63) is 52.6 Å². The van der Waals surface area contributed by atoms with Gasteiger partial charge in [0.1, 0.15) is 18.5 Å². The van der Waals surface area contributed by atoms with Crippen LogP contribution in [0.5, 0.6) is 17.2 Å². The molecular formula is C25H26BFN4O10. The number of urea groups is 1. The Hall–Kier alpha value is -4.86. The number of hydrogen-bond acceptors (Lipinski definition) is 9. The van der Waals surface area contributed by atoms with Gasteiger partial charge in [0.05, 0.1) is 11.5 Å². The van der Waals surface area contributed by atoms with E-state index in [0.29, 0.717) is 10.5 Å². The van der Waals surface area contributed by atoms with Crippen LogP contribution < -0.4 is 15.3 Å². The van der Waals surface area contributed by atoms with Gasteiger partial charge in [-0.15, -0.1) is 0 Å². The minimum atomic E-state index is -1.68. The number of hydrogen-bond donors (Lipinski definition) is 6. The normalized spacial score (nSPS) is 17.4. The topological polar surface area (TPSA) is 206 Å². The maximum atomic E-state index is 13.5. The Bertz CT molecular complexity index is 1420. The molecule has 1 saturated heterocycles. The van der Waals surface area contributed by atoms with E-state index in [9.17, 15) is 48.7 Å². The Morgan fingerprint density at radius 1 is 1.15 bits per heavy atom. The molecule has 2 atom stereocenters. The van der Waals surface area contributed by atoms with Gasteiger partial charge in [0.25, 0.3) is 0 Å². The Labute approximate surface area is 232 Å². The van der Waals surface area contributed by atoms with E-state index in [1.54, 1.807) is 6.07 Å². The highest BCUT2D eigenvalue weighted by Crippen LogP contribution is 2.34. The lowest BCUT2D eigenvalue weighted by Gasteiger charge is -2.33. The first-order valence-corrected chi connectivity index (χ1v) is 12.4. The summed E-state index contributed by atoms with van der Waals surface area (Å²) < 4.78 is 18.1. The van der Waals surface area contributed by atoms with Gasteiger partial charge < -0.3 is 40.5 Å². The predicted octanol–water partition coefficient (Wildman–Crippen LogP) is -0.365. The predicted molar refractivity (Wildman–Crippen MR) is 138 cm³/mol. The standard InChI is InChI=1S/C25H26BFN4O10/c1-12-14(5-6-16(32)19(12)33)18(29-25(39)31-10-9-30(8-7-27)22(35)23(31)36)21(34)28-17-11-13-3-2-4-15(24(37)38)20(13)41-26(17)40/h2-6,17-18,32-33,40H,7-11H2,1H3,(H,28,34)(H,29,39)(H,37,38)/t17-,18?/m0/s1. The zero-order chi connectivity index (χ0) is 30.0. The molecule has 2 aromatic rings. The number of nitrogens with one attached hydrogen (secondary N) is 2. The van der Waals surface area contributed by atoms with E-state index in [2.05, 4.69) is 10.6 Å². The number of para-hydroxylation sites is 1. The molecule has 6 N–H and O–H groups in total. The summed E-state index contributed by atoms with van der Waals surface area (Å²) in [6, 6.07) is 3.91. The van der Waals surface area contributed by atoms with Crippen molar-refractivity contribution in [2.45, 2.75) is 25.3 Å². The Morgan fingerprint density at radius 3 is 2.56 bits per heavy atom. The number of halogens is 1. The zero-order valence-electron chi connectivity index (χ0n) is 21.7. The second kappa shape index (κ2) is 11.7.